The van der Waals surface area contributed by atoms with Gasteiger partial charge in [0.25, 0.3) is 0 Å². The molecule has 0 spiro atoms. The zero-order valence-electron chi connectivity index (χ0n) is 14.7. The topological polar surface area (TPSA) is 75.3 Å². The fourth-order valence-corrected chi connectivity index (χ4v) is 2.17. The molecule has 2 aromatic rings. The SMILES string of the molecule is CC(=O)Nc1ccc(/C=C\C(=O)/C=C\c2ccc(NC(C)=O)cc2)cc1. The summed E-state index contributed by atoms with van der Waals surface area (Å²) >= 11 is 0. The van der Waals surface area contributed by atoms with Gasteiger partial charge in [0.1, 0.15) is 0 Å². The van der Waals surface area contributed by atoms with Crippen molar-refractivity contribution in [2.45, 2.75) is 13.8 Å². The first-order valence-electron chi connectivity index (χ1n) is 8.08. The average Bonchev–Trinajstić information content (AvgIpc) is 2.59. The number of allylic oxidation sites excluding steroid dienone is 2. The fraction of sp³-hybridized carbons (Fsp3) is 0.0952. The highest BCUT2D eigenvalue weighted by Crippen LogP contribution is 2.12. The molecule has 2 rings (SSSR count). The molecule has 0 bridgehead atoms. The van der Waals surface area contributed by atoms with E-state index in [0.29, 0.717) is 11.4 Å². The number of nitrogens with one attached hydrogen (secondary N) is 2. The zero-order valence-corrected chi connectivity index (χ0v) is 14.7. The second-order valence-electron chi connectivity index (χ2n) is 5.68. The highest BCUT2D eigenvalue weighted by molar-refractivity contribution is 6.04. The quantitative estimate of drug-likeness (QED) is 0.778. The van der Waals surface area contributed by atoms with Crippen molar-refractivity contribution in [1.29, 1.82) is 0 Å². The van der Waals surface area contributed by atoms with Crippen molar-refractivity contribution >= 4 is 41.1 Å². The Morgan fingerprint density at radius 2 is 1.00 bits per heavy atom. The standard InChI is InChI=1S/C21H20N2O3/c1-15(24)22-19-9-3-17(4-10-19)7-13-21(26)14-8-18-5-11-20(12-6-18)23-16(2)25/h3-14H,1-2H3,(H,22,24)(H,23,25)/b13-7-,14-8-. The largest absolute Gasteiger partial charge is 0.326 e. The van der Waals surface area contributed by atoms with Gasteiger partial charge in [-0.05, 0) is 47.5 Å². The molecule has 5 nitrogen and oxygen atoms in total. The van der Waals surface area contributed by atoms with Crippen LogP contribution >= 0.6 is 0 Å². The van der Waals surface area contributed by atoms with Gasteiger partial charge in [0.05, 0.1) is 0 Å². The molecule has 0 aliphatic rings. The highest BCUT2D eigenvalue weighted by Gasteiger charge is 1.97. The predicted octanol–water partition coefficient (Wildman–Crippen LogP) is 3.90. The maximum absolute atomic E-state index is 11.9. The van der Waals surface area contributed by atoms with E-state index in [2.05, 4.69) is 10.6 Å². The molecule has 2 N–H and O–H groups in total. The zero-order chi connectivity index (χ0) is 18.9. The van der Waals surface area contributed by atoms with Gasteiger partial charge in [-0.15, -0.1) is 0 Å². The van der Waals surface area contributed by atoms with Gasteiger partial charge in [-0.3, -0.25) is 14.4 Å². The smallest absolute Gasteiger partial charge is 0.221 e. The number of hydrogen-bond donors (Lipinski definition) is 2. The fourth-order valence-electron chi connectivity index (χ4n) is 2.17. The third-order valence-corrected chi connectivity index (χ3v) is 3.34. The third-order valence-electron chi connectivity index (χ3n) is 3.34. The summed E-state index contributed by atoms with van der Waals surface area (Å²) in [6.45, 7) is 2.90. The molecule has 0 fully saturated rings. The number of amides is 2. The van der Waals surface area contributed by atoms with Crippen LogP contribution in [0, 0.1) is 0 Å². The summed E-state index contributed by atoms with van der Waals surface area (Å²) in [7, 11) is 0. The lowest BCUT2D eigenvalue weighted by molar-refractivity contribution is -0.115. The maximum atomic E-state index is 11.9. The second-order valence-corrected chi connectivity index (χ2v) is 5.68. The van der Waals surface area contributed by atoms with Crippen LogP contribution in [0.4, 0.5) is 11.4 Å². The van der Waals surface area contributed by atoms with E-state index in [9.17, 15) is 14.4 Å². The summed E-state index contributed by atoms with van der Waals surface area (Å²) < 4.78 is 0. The van der Waals surface area contributed by atoms with Crippen molar-refractivity contribution in [2.24, 2.45) is 0 Å². The Labute approximate surface area is 152 Å². The Morgan fingerprint density at radius 3 is 1.31 bits per heavy atom. The number of rotatable bonds is 6. The molecule has 0 atom stereocenters. The summed E-state index contributed by atoms with van der Waals surface area (Å²) in [6, 6.07) is 14.4. The summed E-state index contributed by atoms with van der Waals surface area (Å²) in [5.41, 5.74) is 3.15. The summed E-state index contributed by atoms with van der Waals surface area (Å²) in [5.74, 6) is -0.390. The van der Waals surface area contributed by atoms with Crippen molar-refractivity contribution in [1.82, 2.24) is 0 Å². The Morgan fingerprint density at radius 1 is 0.654 bits per heavy atom. The molecule has 0 saturated heterocycles. The lowest BCUT2D eigenvalue weighted by Gasteiger charge is -2.01. The first-order chi connectivity index (χ1) is 12.4. The van der Waals surface area contributed by atoms with E-state index >= 15 is 0 Å². The summed E-state index contributed by atoms with van der Waals surface area (Å²) in [6.07, 6.45) is 6.39. The van der Waals surface area contributed by atoms with Gasteiger partial charge in [-0.1, -0.05) is 36.4 Å². The second kappa shape index (κ2) is 9.13. The van der Waals surface area contributed by atoms with E-state index in [1.54, 1.807) is 36.4 Å². The van der Waals surface area contributed by atoms with E-state index in [4.69, 9.17) is 0 Å². The molecule has 0 unspecified atom stereocenters. The van der Waals surface area contributed by atoms with Crippen LogP contribution in [0.1, 0.15) is 25.0 Å². The summed E-state index contributed by atoms with van der Waals surface area (Å²) in [5, 5.41) is 5.37. The lowest BCUT2D eigenvalue weighted by atomic mass is 10.1. The van der Waals surface area contributed by atoms with E-state index in [0.717, 1.165) is 11.1 Å². The Balaban J connectivity index is 1.92. The van der Waals surface area contributed by atoms with E-state index in [1.807, 2.05) is 24.3 Å². The van der Waals surface area contributed by atoms with Gasteiger partial charge in [-0.2, -0.15) is 0 Å². The molecule has 0 radical (unpaired) electrons. The molecule has 26 heavy (non-hydrogen) atoms. The van der Waals surface area contributed by atoms with Gasteiger partial charge in [0, 0.05) is 25.2 Å². The van der Waals surface area contributed by atoms with Crippen LogP contribution in [-0.4, -0.2) is 17.6 Å². The molecule has 0 aromatic heterocycles. The predicted molar refractivity (Wildman–Crippen MR) is 105 cm³/mol. The van der Waals surface area contributed by atoms with Crippen LogP contribution in [0.5, 0.6) is 0 Å². The average molecular weight is 348 g/mol. The van der Waals surface area contributed by atoms with Crippen molar-refractivity contribution in [2.75, 3.05) is 10.6 Å². The molecule has 0 saturated carbocycles. The molecule has 132 valence electrons. The Kier molecular flexibility index (Phi) is 6.62. The Hall–Kier alpha value is -3.47. The molecule has 0 aliphatic carbocycles. The molecular formula is C21H20N2O3. The summed E-state index contributed by atoms with van der Waals surface area (Å²) in [4.78, 5) is 33.9. The third kappa shape index (κ3) is 6.57. The van der Waals surface area contributed by atoms with Crippen LogP contribution in [0.3, 0.4) is 0 Å². The minimum atomic E-state index is -0.137. The molecule has 0 aliphatic heterocycles. The van der Waals surface area contributed by atoms with Gasteiger partial charge in [0.2, 0.25) is 11.8 Å². The lowest BCUT2D eigenvalue weighted by Crippen LogP contribution is -2.05. The normalized spacial score (nSPS) is 10.8. The molecule has 5 heteroatoms. The van der Waals surface area contributed by atoms with Crippen molar-refractivity contribution in [3.63, 3.8) is 0 Å². The van der Waals surface area contributed by atoms with Gasteiger partial charge < -0.3 is 10.6 Å². The molecule has 0 heterocycles. The first kappa shape index (κ1) is 18.9. The van der Waals surface area contributed by atoms with E-state index in [1.165, 1.54) is 26.0 Å². The van der Waals surface area contributed by atoms with Crippen LogP contribution in [0.2, 0.25) is 0 Å². The number of carbonyl (C=O) groups excluding carboxylic acids is 3. The van der Waals surface area contributed by atoms with E-state index < -0.39 is 0 Å². The van der Waals surface area contributed by atoms with Gasteiger partial charge >= 0.3 is 0 Å². The van der Waals surface area contributed by atoms with Gasteiger partial charge in [-0.25, -0.2) is 0 Å². The van der Waals surface area contributed by atoms with Crippen molar-refractivity contribution < 1.29 is 14.4 Å². The van der Waals surface area contributed by atoms with Crippen molar-refractivity contribution in [3.8, 4) is 0 Å². The highest BCUT2D eigenvalue weighted by atomic mass is 16.2. The minimum absolute atomic E-state index is 0.126. The Bertz CT molecular complexity index is 776. The van der Waals surface area contributed by atoms with E-state index in [-0.39, 0.29) is 17.6 Å². The monoisotopic (exact) mass is 348 g/mol. The molecule has 2 aromatic carbocycles. The van der Waals surface area contributed by atoms with Crippen LogP contribution in [0.15, 0.2) is 60.7 Å². The first-order valence-corrected chi connectivity index (χ1v) is 8.08. The number of hydrogen-bond acceptors (Lipinski definition) is 3. The van der Waals surface area contributed by atoms with Crippen LogP contribution in [-0.2, 0) is 14.4 Å². The molecular weight excluding hydrogens is 328 g/mol. The number of anilines is 2. The van der Waals surface area contributed by atoms with Crippen LogP contribution < -0.4 is 10.6 Å². The number of ketones is 1. The molecule has 2 amide bonds. The van der Waals surface area contributed by atoms with Crippen molar-refractivity contribution in [3.05, 3.63) is 71.8 Å². The minimum Gasteiger partial charge on any atom is -0.326 e. The number of benzene rings is 2. The number of carbonyl (C=O) groups is 3. The van der Waals surface area contributed by atoms with Crippen LogP contribution in [0.25, 0.3) is 12.2 Å². The maximum Gasteiger partial charge on any atom is 0.221 e. The van der Waals surface area contributed by atoms with Gasteiger partial charge in [0.15, 0.2) is 5.78 Å².